The van der Waals surface area contributed by atoms with E-state index < -0.39 is 53.5 Å². The smallest absolute Gasteiger partial charge is 0.321 e. The summed E-state index contributed by atoms with van der Waals surface area (Å²) in [6, 6.07) is 20.9. The highest BCUT2D eigenvalue weighted by Gasteiger charge is 2.53. The van der Waals surface area contributed by atoms with Crippen molar-refractivity contribution in [2.75, 3.05) is 6.61 Å². The summed E-state index contributed by atoms with van der Waals surface area (Å²) in [6.07, 6.45) is 5.32. The molecule has 6 rings (SSSR count). The molecule has 0 N–H and O–H groups in total. The van der Waals surface area contributed by atoms with Crippen LogP contribution in [0.5, 0.6) is 11.5 Å². The predicted octanol–water partition coefficient (Wildman–Crippen LogP) is 5.42. The number of hydrogen-bond donors (Lipinski definition) is 0. The molecular formula is C37H32O11. The first-order valence-electron chi connectivity index (χ1n) is 15.8. The first-order chi connectivity index (χ1) is 23.3. The summed E-state index contributed by atoms with van der Waals surface area (Å²) in [5.41, 5.74) is 2.54. The molecule has 3 aromatic carbocycles. The van der Waals surface area contributed by atoms with Gasteiger partial charge >= 0.3 is 29.8 Å². The fourth-order valence-electron chi connectivity index (χ4n) is 6.32. The first-order valence-corrected chi connectivity index (χ1v) is 15.8. The van der Waals surface area contributed by atoms with Gasteiger partial charge < -0.3 is 19.1 Å². The molecule has 4 atom stereocenters. The van der Waals surface area contributed by atoms with Gasteiger partial charge in [-0.3, -0.25) is 28.8 Å². The van der Waals surface area contributed by atoms with Crippen molar-refractivity contribution in [3.63, 3.8) is 0 Å². The highest BCUT2D eigenvalue weighted by Crippen LogP contribution is 2.51. The van der Waals surface area contributed by atoms with E-state index in [1.807, 2.05) is 30.3 Å². The Hall–Kier alpha value is -5.42. The van der Waals surface area contributed by atoms with Crippen molar-refractivity contribution in [3.8, 4) is 11.5 Å². The molecule has 1 aliphatic carbocycles. The molecular weight excluding hydrogens is 620 g/mol. The van der Waals surface area contributed by atoms with Crippen molar-refractivity contribution >= 4 is 41.7 Å². The van der Waals surface area contributed by atoms with E-state index in [0.717, 1.165) is 5.56 Å². The van der Waals surface area contributed by atoms with Crippen LogP contribution in [0.4, 0.5) is 0 Å². The van der Waals surface area contributed by atoms with E-state index in [2.05, 4.69) is 0 Å². The van der Waals surface area contributed by atoms with Crippen LogP contribution in [0, 0.1) is 11.8 Å². The summed E-state index contributed by atoms with van der Waals surface area (Å²) < 4.78 is 15.2. The number of benzene rings is 3. The van der Waals surface area contributed by atoms with Gasteiger partial charge in [-0.25, -0.2) is 0 Å². The lowest BCUT2D eigenvalue weighted by Gasteiger charge is -2.33. The monoisotopic (exact) mass is 652 g/mol. The van der Waals surface area contributed by atoms with Gasteiger partial charge in [-0.05, 0) is 72.2 Å². The number of carbonyl (C=O) groups excluding carboxylic acids is 6. The van der Waals surface area contributed by atoms with Crippen molar-refractivity contribution in [2.24, 2.45) is 11.8 Å². The summed E-state index contributed by atoms with van der Waals surface area (Å²) >= 11 is 0. The fraction of sp³-hybridized carbons (Fsp3) is 0.297. The average molecular weight is 653 g/mol. The zero-order valence-electron chi connectivity index (χ0n) is 25.8. The summed E-state index contributed by atoms with van der Waals surface area (Å²) in [7, 11) is 0. The second kappa shape index (κ2) is 14.6. The largest absolute Gasteiger partial charge is 0.427 e. The molecule has 48 heavy (non-hydrogen) atoms. The van der Waals surface area contributed by atoms with Crippen molar-refractivity contribution < 1.29 is 52.8 Å². The molecule has 11 nitrogen and oxygen atoms in total. The number of fused-ring (bicyclic) bond motifs is 3. The minimum absolute atomic E-state index is 0.0797. The van der Waals surface area contributed by atoms with Gasteiger partial charge in [-0.2, -0.15) is 4.89 Å². The quantitative estimate of drug-likeness (QED) is 0.0341. The lowest BCUT2D eigenvalue weighted by atomic mass is 9.67. The van der Waals surface area contributed by atoms with Crippen molar-refractivity contribution in [2.45, 2.75) is 50.4 Å². The van der Waals surface area contributed by atoms with Gasteiger partial charge in [0.2, 0.25) is 0 Å². The molecule has 0 spiro atoms. The SMILES string of the molecule is O=C1CC(C2CC3C(=O)OC(=O)C3c3cc(OC(=O)CCCCCOOc4ccc(C=CC(=O)c5ccccc5)cc4)ccc32)C(=O)O1. The lowest BCUT2D eigenvalue weighted by Crippen LogP contribution is -2.31. The maximum absolute atomic E-state index is 12.6. The standard InChI is InChI=1S/C37H32O11/c38-31(23-7-3-1-4-8-23)17-12-22-10-13-24(14-11-22)48-44-18-6-2-5-9-32(39)45-25-15-16-26-27(29-21-33(40)46-35(29)41)20-30-34(28(26)19-25)37(43)47-36(30)42/h1,3-4,7-8,10-17,19,27,29-30,34H,2,5-6,9,18,20-21H2. The fourth-order valence-corrected chi connectivity index (χ4v) is 6.32. The third-order valence-electron chi connectivity index (χ3n) is 8.71. The second-order valence-corrected chi connectivity index (χ2v) is 11.9. The lowest BCUT2D eigenvalue weighted by molar-refractivity contribution is -0.207. The van der Waals surface area contributed by atoms with Gasteiger partial charge in [0.25, 0.3) is 0 Å². The summed E-state index contributed by atoms with van der Waals surface area (Å²) in [5.74, 6) is -5.43. The van der Waals surface area contributed by atoms with E-state index in [-0.39, 0.29) is 30.8 Å². The molecule has 11 heteroatoms. The minimum Gasteiger partial charge on any atom is -0.427 e. The van der Waals surface area contributed by atoms with Crippen LogP contribution < -0.4 is 9.62 Å². The third-order valence-corrected chi connectivity index (χ3v) is 8.71. The highest BCUT2D eigenvalue weighted by molar-refractivity contribution is 6.06. The molecule has 2 heterocycles. The number of cyclic esters (lactones) is 4. The Morgan fingerprint density at radius 1 is 0.750 bits per heavy atom. The number of hydrogen-bond acceptors (Lipinski definition) is 11. The molecule has 3 aliphatic rings. The Labute approximate surface area is 275 Å². The molecule has 2 fully saturated rings. The van der Waals surface area contributed by atoms with Crippen molar-refractivity contribution in [3.05, 3.63) is 101 Å². The maximum atomic E-state index is 12.6. The van der Waals surface area contributed by atoms with Crippen LogP contribution >= 0.6 is 0 Å². The summed E-state index contributed by atoms with van der Waals surface area (Å²) in [6.45, 7) is 0.311. The van der Waals surface area contributed by atoms with Crippen molar-refractivity contribution in [1.29, 1.82) is 0 Å². The van der Waals surface area contributed by atoms with Crippen LogP contribution in [-0.2, 0) is 38.3 Å². The highest BCUT2D eigenvalue weighted by atomic mass is 17.2. The molecule has 246 valence electrons. The normalized spacial score (nSPS) is 21.4. The Morgan fingerprint density at radius 3 is 2.25 bits per heavy atom. The second-order valence-electron chi connectivity index (χ2n) is 11.9. The zero-order valence-corrected chi connectivity index (χ0v) is 25.8. The summed E-state index contributed by atoms with van der Waals surface area (Å²) in [4.78, 5) is 84.5. The molecule has 0 aromatic heterocycles. The van der Waals surface area contributed by atoms with E-state index in [4.69, 9.17) is 24.0 Å². The predicted molar refractivity (Wildman–Crippen MR) is 167 cm³/mol. The third kappa shape index (κ3) is 7.42. The van der Waals surface area contributed by atoms with E-state index >= 15 is 0 Å². The molecule has 4 unspecified atom stereocenters. The molecule has 2 saturated heterocycles. The number of carbonyl (C=O) groups is 6. The number of rotatable bonds is 13. The van der Waals surface area contributed by atoms with E-state index in [9.17, 15) is 28.8 Å². The summed E-state index contributed by atoms with van der Waals surface area (Å²) in [5, 5.41) is 0. The molecule has 0 radical (unpaired) electrons. The van der Waals surface area contributed by atoms with Gasteiger partial charge in [-0.15, -0.1) is 0 Å². The minimum atomic E-state index is -0.872. The van der Waals surface area contributed by atoms with Crippen LogP contribution in [-0.4, -0.2) is 42.2 Å². The van der Waals surface area contributed by atoms with Crippen molar-refractivity contribution in [1.82, 2.24) is 0 Å². The van der Waals surface area contributed by atoms with E-state index in [1.54, 1.807) is 42.5 Å². The number of ether oxygens (including phenoxy) is 3. The van der Waals surface area contributed by atoms with E-state index in [1.165, 1.54) is 12.1 Å². The Kier molecular flexibility index (Phi) is 9.86. The molecule has 3 aromatic rings. The number of allylic oxidation sites excluding steroid dienone is 1. The molecule has 0 bridgehead atoms. The maximum Gasteiger partial charge on any atom is 0.321 e. The van der Waals surface area contributed by atoms with Crippen LogP contribution in [0.25, 0.3) is 6.08 Å². The van der Waals surface area contributed by atoms with Gasteiger partial charge in [-0.1, -0.05) is 61.0 Å². The Balaban J connectivity index is 0.936. The topological polar surface area (TPSA) is 149 Å². The number of unbranched alkanes of at least 4 members (excludes halogenated alkanes) is 2. The Bertz CT molecular complexity index is 1760. The first kappa shape index (κ1) is 32.5. The number of ketones is 1. The number of esters is 5. The Morgan fingerprint density at radius 2 is 1.50 bits per heavy atom. The average Bonchev–Trinajstić information content (AvgIpc) is 3.58. The van der Waals surface area contributed by atoms with Crippen LogP contribution in [0.1, 0.15) is 77.4 Å². The molecule has 2 aliphatic heterocycles. The van der Waals surface area contributed by atoms with Gasteiger partial charge in [0, 0.05) is 12.0 Å². The zero-order chi connectivity index (χ0) is 33.6. The molecule has 0 amide bonds. The van der Waals surface area contributed by atoms with Gasteiger partial charge in [0.05, 0.1) is 30.8 Å². The van der Waals surface area contributed by atoms with Crippen LogP contribution in [0.2, 0.25) is 0 Å². The van der Waals surface area contributed by atoms with Crippen LogP contribution in [0.3, 0.4) is 0 Å². The van der Waals surface area contributed by atoms with Crippen LogP contribution in [0.15, 0.2) is 78.9 Å². The van der Waals surface area contributed by atoms with Gasteiger partial charge in [0.15, 0.2) is 11.5 Å². The molecule has 0 saturated carbocycles. The van der Waals surface area contributed by atoms with Gasteiger partial charge in [0.1, 0.15) is 5.75 Å². The van der Waals surface area contributed by atoms with E-state index in [0.29, 0.717) is 48.3 Å².